The van der Waals surface area contributed by atoms with E-state index in [1.165, 1.54) is 19.3 Å². The van der Waals surface area contributed by atoms with Gasteiger partial charge in [-0.3, -0.25) is 4.98 Å². The molecule has 1 unspecified atom stereocenters. The topological polar surface area (TPSA) is 63.2 Å². The highest BCUT2D eigenvalue weighted by atomic mass is 79.9. The fourth-order valence-corrected chi connectivity index (χ4v) is 3.45. The highest BCUT2D eigenvalue weighted by Crippen LogP contribution is 2.43. The molecular formula is C15H20BrN3O2. The number of rotatable bonds is 3. The molecule has 1 aromatic heterocycles. The number of carbonyl (C=O) groups is 1. The van der Waals surface area contributed by atoms with E-state index in [0.29, 0.717) is 12.5 Å². The van der Waals surface area contributed by atoms with Gasteiger partial charge in [-0.15, -0.1) is 0 Å². The lowest BCUT2D eigenvalue weighted by Crippen LogP contribution is -2.47. The van der Waals surface area contributed by atoms with Crippen LogP contribution >= 0.6 is 15.9 Å². The zero-order valence-corrected chi connectivity index (χ0v) is 13.5. The quantitative estimate of drug-likeness (QED) is 0.875. The average molecular weight is 354 g/mol. The first-order valence-corrected chi connectivity index (χ1v) is 8.24. The van der Waals surface area contributed by atoms with E-state index in [2.05, 4.69) is 31.5 Å². The van der Waals surface area contributed by atoms with E-state index in [1.54, 1.807) is 18.5 Å². The van der Waals surface area contributed by atoms with Crippen molar-refractivity contribution in [3.63, 3.8) is 0 Å². The fraction of sp³-hybridized carbons (Fsp3) is 0.600. The summed E-state index contributed by atoms with van der Waals surface area (Å²) in [6, 6.07) is 1.60. The third-order valence-corrected chi connectivity index (χ3v) is 5.06. The molecule has 1 aromatic rings. The number of anilines is 1. The number of amides is 2. The number of nitrogens with zero attached hydrogens (tertiary/aromatic N) is 1. The minimum Gasteiger partial charge on any atom is -0.375 e. The summed E-state index contributed by atoms with van der Waals surface area (Å²) >= 11 is 3.36. The Balaban J connectivity index is 1.46. The predicted molar refractivity (Wildman–Crippen MR) is 84.2 cm³/mol. The summed E-state index contributed by atoms with van der Waals surface area (Å²) in [6.45, 7) is 1.53. The Labute approximate surface area is 133 Å². The SMILES string of the molecule is O=C(NCC1CCOC2(CCC2)C1)Nc1ccncc1Br. The molecule has 1 saturated carbocycles. The van der Waals surface area contributed by atoms with Crippen LogP contribution in [-0.4, -0.2) is 29.8 Å². The number of aromatic nitrogens is 1. The van der Waals surface area contributed by atoms with Crippen LogP contribution in [0, 0.1) is 5.92 Å². The van der Waals surface area contributed by atoms with Crippen LogP contribution in [0.4, 0.5) is 10.5 Å². The third kappa shape index (κ3) is 3.55. The van der Waals surface area contributed by atoms with Gasteiger partial charge >= 0.3 is 6.03 Å². The largest absolute Gasteiger partial charge is 0.375 e. The maximum Gasteiger partial charge on any atom is 0.319 e. The molecule has 2 aliphatic rings. The summed E-state index contributed by atoms with van der Waals surface area (Å²) in [5.41, 5.74) is 0.861. The molecule has 1 spiro atoms. The molecule has 1 saturated heterocycles. The smallest absolute Gasteiger partial charge is 0.319 e. The van der Waals surface area contributed by atoms with Crippen LogP contribution in [0.5, 0.6) is 0 Å². The molecule has 0 bridgehead atoms. The van der Waals surface area contributed by atoms with Crippen LogP contribution in [0.15, 0.2) is 22.9 Å². The monoisotopic (exact) mass is 353 g/mol. The fourth-order valence-electron chi connectivity index (χ4n) is 3.10. The minimum atomic E-state index is -0.170. The van der Waals surface area contributed by atoms with Gasteiger partial charge in [0, 0.05) is 25.5 Å². The number of halogens is 1. The van der Waals surface area contributed by atoms with Crippen LogP contribution in [-0.2, 0) is 4.74 Å². The summed E-state index contributed by atoms with van der Waals surface area (Å²) in [4.78, 5) is 15.9. The van der Waals surface area contributed by atoms with Crippen molar-refractivity contribution in [1.29, 1.82) is 0 Å². The number of ether oxygens (including phenoxy) is 1. The van der Waals surface area contributed by atoms with Crippen LogP contribution in [0.2, 0.25) is 0 Å². The lowest BCUT2D eigenvalue weighted by Gasteiger charge is -2.47. The molecular weight excluding hydrogens is 334 g/mol. The predicted octanol–water partition coefficient (Wildman–Crippen LogP) is 3.31. The molecule has 2 N–H and O–H groups in total. The van der Waals surface area contributed by atoms with Crippen molar-refractivity contribution < 1.29 is 9.53 Å². The van der Waals surface area contributed by atoms with Gasteiger partial charge in [-0.05, 0) is 60.0 Å². The Bertz CT molecular complexity index is 519. The van der Waals surface area contributed by atoms with Gasteiger partial charge in [-0.2, -0.15) is 0 Å². The van der Waals surface area contributed by atoms with Crippen LogP contribution < -0.4 is 10.6 Å². The maximum absolute atomic E-state index is 12.0. The first-order valence-electron chi connectivity index (χ1n) is 7.45. The van der Waals surface area contributed by atoms with Crippen molar-refractivity contribution in [2.75, 3.05) is 18.5 Å². The molecule has 5 nitrogen and oxygen atoms in total. The molecule has 21 heavy (non-hydrogen) atoms. The van der Waals surface area contributed by atoms with Gasteiger partial charge in [0.25, 0.3) is 0 Å². The summed E-state index contributed by atoms with van der Waals surface area (Å²) in [6.07, 6.45) is 9.05. The second kappa shape index (κ2) is 6.32. The van der Waals surface area contributed by atoms with E-state index in [9.17, 15) is 4.79 Å². The molecule has 0 aromatic carbocycles. The van der Waals surface area contributed by atoms with E-state index in [4.69, 9.17) is 4.74 Å². The van der Waals surface area contributed by atoms with E-state index in [1.807, 2.05) is 0 Å². The van der Waals surface area contributed by atoms with Crippen LogP contribution in [0.25, 0.3) is 0 Å². The number of urea groups is 1. The van der Waals surface area contributed by atoms with Gasteiger partial charge in [0.2, 0.25) is 0 Å². The van der Waals surface area contributed by atoms with E-state index >= 15 is 0 Å². The lowest BCUT2D eigenvalue weighted by molar-refractivity contribution is -0.142. The van der Waals surface area contributed by atoms with E-state index < -0.39 is 0 Å². The molecule has 3 rings (SSSR count). The number of nitrogens with one attached hydrogen (secondary N) is 2. The molecule has 2 amide bonds. The first kappa shape index (κ1) is 14.8. The Morgan fingerprint density at radius 1 is 1.52 bits per heavy atom. The minimum absolute atomic E-state index is 0.134. The molecule has 0 radical (unpaired) electrons. The highest BCUT2D eigenvalue weighted by molar-refractivity contribution is 9.10. The second-order valence-corrected chi connectivity index (χ2v) is 6.79. The zero-order chi connectivity index (χ0) is 14.7. The molecule has 1 atom stereocenters. The summed E-state index contributed by atoms with van der Waals surface area (Å²) in [5, 5.41) is 5.80. The van der Waals surface area contributed by atoms with Gasteiger partial charge in [0.15, 0.2) is 0 Å². The first-order chi connectivity index (χ1) is 10.2. The molecule has 2 fully saturated rings. The van der Waals surface area contributed by atoms with Gasteiger partial charge in [0.1, 0.15) is 0 Å². The standard InChI is InChI=1S/C15H20BrN3O2/c16-12-10-17-6-2-13(12)19-14(20)18-9-11-3-7-21-15(8-11)4-1-5-15/h2,6,10-11H,1,3-5,7-9H2,(H2,17,18,19,20). The number of hydrogen-bond donors (Lipinski definition) is 2. The van der Waals surface area contributed by atoms with Gasteiger partial charge in [-0.1, -0.05) is 0 Å². The molecule has 1 aliphatic carbocycles. The van der Waals surface area contributed by atoms with Crippen molar-refractivity contribution in [3.8, 4) is 0 Å². The van der Waals surface area contributed by atoms with Crippen molar-refractivity contribution in [1.82, 2.24) is 10.3 Å². The van der Waals surface area contributed by atoms with E-state index in [0.717, 1.165) is 29.6 Å². The summed E-state index contributed by atoms with van der Waals surface area (Å²) in [5.74, 6) is 0.519. The molecule has 6 heteroatoms. The Hall–Kier alpha value is -1.14. The normalized spacial score (nSPS) is 23.4. The average Bonchev–Trinajstić information content (AvgIpc) is 2.46. The lowest BCUT2D eigenvalue weighted by atomic mass is 9.72. The van der Waals surface area contributed by atoms with Gasteiger partial charge in [0.05, 0.1) is 15.8 Å². The van der Waals surface area contributed by atoms with Crippen LogP contribution in [0.3, 0.4) is 0 Å². The van der Waals surface area contributed by atoms with Crippen molar-refractivity contribution in [3.05, 3.63) is 22.9 Å². The summed E-state index contributed by atoms with van der Waals surface area (Å²) < 4.78 is 6.69. The van der Waals surface area contributed by atoms with Gasteiger partial charge < -0.3 is 15.4 Å². The third-order valence-electron chi connectivity index (χ3n) is 4.43. The zero-order valence-electron chi connectivity index (χ0n) is 11.9. The van der Waals surface area contributed by atoms with Gasteiger partial charge in [-0.25, -0.2) is 4.79 Å². The highest BCUT2D eigenvalue weighted by Gasteiger charge is 2.42. The maximum atomic E-state index is 12.0. The van der Waals surface area contributed by atoms with Crippen LogP contribution in [0.1, 0.15) is 32.1 Å². The van der Waals surface area contributed by atoms with Crippen molar-refractivity contribution >= 4 is 27.6 Å². The molecule has 114 valence electrons. The van der Waals surface area contributed by atoms with Crippen molar-refractivity contribution in [2.45, 2.75) is 37.7 Å². The Morgan fingerprint density at radius 3 is 3.10 bits per heavy atom. The number of pyridine rings is 1. The summed E-state index contributed by atoms with van der Waals surface area (Å²) in [7, 11) is 0. The van der Waals surface area contributed by atoms with Crippen molar-refractivity contribution in [2.24, 2.45) is 5.92 Å². The second-order valence-electron chi connectivity index (χ2n) is 5.93. The number of carbonyl (C=O) groups excluding carboxylic acids is 1. The van der Waals surface area contributed by atoms with E-state index in [-0.39, 0.29) is 11.6 Å². The molecule has 2 heterocycles. The Kier molecular flexibility index (Phi) is 4.45. The number of hydrogen-bond acceptors (Lipinski definition) is 3. The molecule has 1 aliphatic heterocycles. The Morgan fingerprint density at radius 2 is 2.38 bits per heavy atom.